The van der Waals surface area contributed by atoms with Crippen LogP contribution in [0.3, 0.4) is 0 Å². The molecule has 0 bridgehead atoms. The van der Waals surface area contributed by atoms with Gasteiger partial charge < -0.3 is 14.2 Å². The van der Waals surface area contributed by atoms with Crippen molar-refractivity contribution < 1.29 is 27.1 Å². The molecule has 0 fully saturated rings. The highest BCUT2D eigenvalue weighted by Gasteiger charge is 2.20. The molecule has 10 nitrogen and oxygen atoms in total. The lowest BCUT2D eigenvalue weighted by atomic mass is 10.1. The summed E-state index contributed by atoms with van der Waals surface area (Å²) in [5.41, 5.74) is 0.151. The second kappa shape index (κ2) is 10.3. The zero-order chi connectivity index (χ0) is 24.7. The minimum absolute atomic E-state index is 0.104. The van der Waals surface area contributed by atoms with Crippen molar-refractivity contribution in [1.29, 1.82) is 5.26 Å². The van der Waals surface area contributed by atoms with E-state index in [1.807, 2.05) is 0 Å². The van der Waals surface area contributed by atoms with Crippen LogP contribution < -0.4 is 14.2 Å². The number of anilines is 1. The molecule has 34 heavy (non-hydrogen) atoms. The van der Waals surface area contributed by atoms with Crippen molar-refractivity contribution in [2.45, 2.75) is 4.90 Å². The highest BCUT2D eigenvalue weighted by atomic mass is 32.2. The Morgan fingerprint density at radius 1 is 1.06 bits per heavy atom. The number of benzene rings is 3. The van der Waals surface area contributed by atoms with E-state index in [-0.39, 0.29) is 16.2 Å². The van der Waals surface area contributed by atoms with Crippen LogP contribution in [0.4, 0.5) is 11.4 Å². The standard InChI is InChI=1S/C23H17N3O7S/c1-32-20-10-8-18(9-11-20)25-23(27)17(15-24)12-16-4-2-6-21(13-16)33-34(30,31)22-7-3-5-19(14-22)26(28)29/h2-14H,1H3,(H,25,27)/b17-12+. The topological polar surface area (TPSA) is 149 Å². The third-order valence-corrected chi connectivity index (χ3v) is 5.65. The van der Waals surface area contributed by atoms with Crippen molar-refractivity contribution in [1.82, 2.24) is 0 Å². The Morgan fingerprint density at radius 3 is 2.41 bits per heavy atom. The molecule has 1 amide bonds. The quantitative estimate of drug-likeness (QED) is 0.168. The number of nitrogens with zero attached hydrogens (tertiary/aromatic N) is 2. The maximum Gasteiger partial charge on any atom is 0.339 e. The lowest BCUT2D eigenvalue weighted by Crippen LogP contribution is -2.13. The first-order valence-corrected chi connectivity index (χ1v) is 11.0. The van der Waals surface area contributed by atoms with Gasteiger partial charge in [0.25, 0.3) is 11.6 Å². The Bertz CT molecular complexity index is 1410. The third-order valence-electron chi connectivity index (χ3n) is 4.41. The number of nitrogens with one attached hydrogen (secondary N) is 1. The fraction of sp³-hybridized carbons (Fsp3) is 0.0435. The van der Waals surface area contributed by atoms with Gasteiger partial charge in [-0.2, -0.15) is 13.7 Å². The molecule has 172 valence electrons. The number of nitro benzene ring substituents is 1. The fourth-order valence-corrected chi connectivity index (χ4v) is 3.74. The second-order valence-corrected chi connectivity index (χ2v) is 8.26. The van der Waals surface area contributed by atoms with E-state index in [0.29, 0.717) is 17.0 Å². The van der Waals surface area contributed by atoms with Gasteiger partial charge in [0.2, 0.25) is 0 Å². The van der Waals surface area contributed by atoms with E-state index < -0.39 is 26.6 Å². The molecule has 0 aromatic heterocycles. The molecule has 0 aliphatic heterocycles. The zero-order valence-corrected chi connectivity index (χ0v) is 18.5. The number of rotatable bonds is 8. The normalized spacial score (nSPS) is 11.2. The molecule has 11 heteroatoms. The van der Waals surface area contributed by atoms with Crippen molar-refractivity contribution in [3.63, 3.8) is 0 Å². The summed E-state index contributed by atoms with van der Waals surface area (Å²) in [5.74, 6) is -0.165. The van der Waals surface area contributed by atoms with Crippen LogP contribution in [0.25, 0.3) is 6.08 Å². The molecule has 0 saturated carbocycles. The zero-order valence-electron chi connectivity index (χ0n) is 17.7. The predicted octanol–water partition coefficient (Wildman–Crippen LogP) is 3.92. The van der Waals surface area contributed by atoms with Crippen LogP contribution in [0.15, 0.2) is 83.3 Å². The Balaban J connectivity index is 1.80. The first-order chi connectivity index (χ1) is 16.2. The summed E-state index contributed by atoms with van der Waals surface area (Å²) in [4.78, 5) is 22.3. The van der Waals surface area contributed by atoms with Gasteiger partial charge in [-0.3, -0.25) is 14.9 Å². The van der Waals surface area contributed by atoms with Gasteiger partial charge in [-0.25, -0.2) is 0 Å². The highest BCUT2D eigenvalue weighted by Crippen LogP contribution is 2.24. The van der Waals surface area contributed by atoms with E-state index in [4.69, 9.17) is 8.92 Å². The Labute approximate surface area is 194 Å². The Kier molecular flexibility index (Phi) is 7.25. The smallest absolute Gasteiger partial charge is 0.339 e. The Hall–Kier alpha value is -4.69. The first kappa shape index (κ1) is 24.0. The van der Waals surface area contributed by atoms with Crippen molar-refractivity contribution in [2.75, 3.05) is 12.4 Å². The van der Waals surface area contributed by atoms with E-state index in [1.165, 1.54) is 43.5 Å². The van der Waals surface area contributed by atoms with Crippen molar-refractivity contribution in [3.05, 3.63) is 94.0 Å². The predicted molar refractivity (Wildman–Crippen MR) is 123 cm³/mol. The summed E-state index contributed by atoms with van der Waals surface area (Å²) in [6.45, 7) is 0. The van der Waals surface area contributed by atoms with Crippen molar-refractivity contribution >= 4 is 33.5 Å². The number of hydrogen-bond acceptors (Lipinski definition) is 8. The summed E-state index contributed by atoms with van der Waals surface area (Å²) >= 11 is 0. The van der Waals surface area contributed by atoms with Crippen LogP contribution >= 0.6 is 0 Å². The van der Waals surface area contributed by atoms with Gasteiger partial charge in [0.15, 0.2) is 0 Å². The number of hydrogen-bond donors (Lipinski definition) is 1. The summed E-state index contributed by atoms with van der Waals surface area (Å²) < 4.78 is 35.2. The third kappa shape index (κ3) is 5.96. The van der Waals surface area contributed by atoms with E-state index in [1.54, 1.807) is 36.4 Å². The average molecular weight is 479 g/mol. The number of amides is 1. The number of nitriles is 1. The molecule has 0 atom stereocenters. The SMILES string of the molecule is COc1ccc(NC(=O)/C(C#N)=C/c2cccc(OS(=O)(=O)c3cccc([N+](=O)[O-])c3)c2)cc1. The summed E-state index contributed by atoms with van der Waals surface area (Å²) in [6.07, 6.45) is 1.27. The van der Waals surface area contributed by atoms with E-state index >= 15 is 0 Å². The average Bonchev–Trinajstić information content (AvgIpc) is 2.83. The number of carbonyl (C=O) groups is 1. The van der Waals surface area contributed by atoms with Crippen LogP contribution in [0, 0.1) is 21.4 Å². The van der Waals surface area contributed by atoms with E-state index in [0.717, 1.165) is 12.1 Å². The molecule has 0 aliphatic rings. The summed E-state index contributed by atoms with van der Waals surface area (Å²) in [7, 11) is -2.85. The largest absolute Gasteiger partial charge is 0.497 e. The minimum atomic E-state index is -4.36. The molecule has 1 N–H and O–H groups in total. The molecule has 0 saturated heterocycles. The second-order valence-electron chi connectivity index (χ2n) is 6.72. The van der Waals surface area contributed by atoms with Crippen molar-refractivity contribution in [3.8, 4) is 17.6 Å². The van der Waals surface area contributed by atoms with Crippen LogP contribution in [-0.2, 0) is 14.9 Å². The van der Waals surface area contributed by atoms with Gasteiger partial charge in [-0.15, -0.1) is 0 Å². The molecule has 3 aromatic rings. The van der Waals surface area contributed by atoms with Crippen LogP contribution in [-0.4, -0.2) is 26.4 Å². The number of methoxy groups -OCH3 is 1. The highest BCUT2D eigenvalue weighted by molar-refractivity contribution is 7.87. The van der Waals surface area contributed by atoms with Crippen LogP contribution in [0.1, 0.15) is 5.56 Å². The number of carbonyl (C=O) groups excluding carboxylic acids is 1. The fourth-order valence-electron chi connectivity index (χ4n) is 2.77. The molecule has 0 spiro atoms. The first-order valence-electron chi connectivity index (χ1n) is 9.58. The van der Waals surface area contributed by atoms with Gasteiger partial charge in [-0.1, -0.05) is 18.2 Å². The molecule has 0 unspecified atom stereocenters. The Morgan fingerprint density at radius 2 is 1.76 bits per heavy atom. The molecule has 0 aliphatic carbocycles. The van der Waals surface area contributed by atoms with Gasteiger partial charge in [-0.05, 0) is 54.1 Å². The summed E-state index contributed by atoms with van der Waals surface area (Å²) in [5, 5.41) is 22.9. The minimum Gasteiger partial charge on any atom is -0.497 e. The number of nitro groups is 1. The van der Waals surface area contributed by atoms with E-state index in [2.05, 4.69) is 5.32 Å². The van der Waals surface area contributed by atoms with Crippen LogP contribution in [0.5, 0.6) is 11.5 Å². The van der Waals surface area contributed by atoms with E-state index in [9.17, 15) is 28.6 Å². The van der Waals surface area contributed by atoms with Crippen LogP contribution in [0.2, 0.25) is 0 Å². The molecule has 0 heterocycles. The lowest BCUT2D eigenvalue weighted by Gasteiger charge is -2.08. The lowest BCUT2D eigenvalue weighted by molar-refractivity contribution is -0.385. The molecule has 3 rings (SSSR count). The summed E-state index contributed by atoms with van der Waals surface area (Å²) in [6, 6.07) is 18.5. The number of non-ortho nitro benzene ring substituents is 1. The number of ether oxygens (including phenoxy) is 1. The molecule has 0 radical (unpaired) electrons. The van der Waals surface area contributed by atoms with Crippen molar-refractivity contribution in [2.24, 2.45) is 0 Å². The maximum absolute atomic E-state index is 12.5. The maximum atomic E-state index is 12.5. The van der Waals surface area contributed by atoms with Gasteiger partial charge in [0, 0.05) is 17.8 Å². The molecule has 3 aromatic carbocycles. The molecular weight excluding hydrogens is 462 g/mol. The van der Waals surface area contributed by atoms with Gasteiger partial charge in [0.05, 0.1) is 12.0 Å². The van der Waals surface area contributed by atoms with Gasteiger partial charge in [0.1, 0.15) is 28.0 Å². The molecular formula is C23H17N3O7S. The van der Waals surface area contributed by atoms with Gasteiger partial charge >= 0.3 is 10.1 Å². The monoisotopic (exact) mass is 479 g/mol.